The summed E-state index contributed by atoms with van der Waals surface area (Å²) < 4.78 is 34.1. The minimum absolute atomic E-state index is 0.0249. The molecule has 0 aromatic heterocycles. The van der Waals surface area contributed by atoms with Crippen LogP contribution in [-0.4, -0.2) is 26.6 Å². The van der Waals surface area contributed by atoms with Crippen LogP contribution in [0.2, 0.25) is 0 Å². The molecule has 0 radical (unpaired) electrons. The Morgan fingerprint density at radius 1 is 1.35 bits per heavy atom. The van der Waals surface area contributed by atoms with E-state index in [9.17, 15) is 17.6 Å². The number of anilines is 1. The van der Waals surface area contributed by atoms with Crippen LogP contribution in [0.25, 0.3) is 0 Å². The third-order valence-electron chi connectivity index (χ3n) is 1.85. The van der Waals surface area contributed by atoms with Gasteiger partial charge in [0.2, 0.25) is 10.0 Å². The topological polar surface area (TPSA) is 115 Å². The molecular weight excluding hydrogens is 249 g/mol. The van der Waals surface area contributed by atoms with Gasteiger partial charge in [0.05, 0.1) is 5.75 Å². The van der Waals surface area contributed by atoms with E-state index >= 15 is 0 Å². The molecule has 1 amide bonds. The zero-order valence-electron chi connectivity index (χ0n) is 8.81. The summed E-state index contributed by atoms with van der Waals surface area (Å²) >= 11 is 0. The highest BCUT2D eigenvalue weighted by Gasteiger charge is 2.09. The molecule has 1 aromatic carbocycles. The number of hydrogen-bond acceptors (Lipinski definition) is 4. The Kier molecular flexibility index (Phi) is 4.02. The van der Waals surface area contributed by atoms with Gasteiger partial charge < -0.3 is 11.1 Å². The molecule has 0 spiro atoms. The molecule has 0 atom stereocenters. The summed E-state index contributed by atoms with van der Waals surface area (Å²) in [5.41, 5.74) is 5.50. The number of amides is 1. The van der Waals surface area contributed by atoms with Gasteiger partial charge >= 0.3 is 0 Å². The second-order valence-electron chi connectivity index (χ2n) is 3.40. The summed E-state index contributed by atoms with van der Waals surface area (Å²) in [5, 5.41) is 7.04. The lowest BCUT2D eigenvalue weighted by Gasteiger charge is -2.05. The van der Waals surface area contributed by atoms with Crippen molar-refractivity contribution in [3.63, 3.8) is 0 Å². The molecule has 5 N–H and O–H groups in total. The SMILES string of the molecule is Nc1cc(F)cc(C(=O)NCCS(N)(=O)=O)c1. The van der Waals surface area contributed by atoms with Gasteiger partial charge in [-0.15, -0.1) is 0 Å². The van der Waals surface area contributed by atoms with E-state index in [1.54, 1.807) is 0 Å². The molecule has 0 bridgehead atoms. The Hall–Kier alpha value is -1.67. The lowest BCUT2D eigenvalue weighted by Crippen LogP contribution is -2.31. The van der Waals surface area contributed by atoms with Gasteiger partial charge in [0.15, 0.2) is 0 Å². The Balaban J connectivity index is 2.64. The number of primary sulfonamides is 1. The van der Waals surface area contributed by atoms with E-state index in [1.165, 1.54) is 6.07 Å². The molecule has 1 rings (SSSR count). The monoisotopic (exact) mass is 261 g/mol. The lowest BCUT2D eigenvalue weighted by atomic mass is 10.2. The van der Waals surface area contributed by atoms with Gasteiger partial charge in [-0.25, -0.2) is 17.9 Å². The molecular formula is C9H12FN3O3S. The highest BCUT2D eigenvalue weighted by molar-refractivity contribution is 7.89. The number of nitrogen functional groups attached to an aromatic ring is 1. The summed E-state index contributed by atoms with van der Waals surface area (Å²) in [6.07, 6.45) is 0. The molecule has 0 fully saturated rings. The minimum atomic E-state index is -3.63. The molecule has 0 aliphatic rings. The molecule has 1 aromatic rings. The molecule has 94 valence electrons. The quantitative estimate of drug-likeness (QED) is 0.629. The second-order valence-corrected chi connectivity index (χ2v) is 5.13. The maximum absolute atomic E-state index is 12.9. The van der Waals surface area contributed by atoms with Crippen molar-refractivity contribution in [1.82, 2.24) is 5.32 Å². The Bertz CT molecular complexity index is 510. The summed E-state index contributed by atoms with van der Waals surface area (Å²) in [4.78, 5) is 11.5. The first-order valence-electron chi connectivity index (χ1n) is 4.63. The van der Waals surface area contributed by atoms with E-state index in [1.807, 2.05) is 0 Å². The van der Waals surface area contributed by atoms with Gasteiger partial charge in [0.25, 0.3) is 5.91 Å². The average molecular weight is 261 g/mol. The van der Waals surface area contributed by atoms with E-state index in [2.05, 4.69) is 5.32 Å². The summed E-state index contributed by atoms with van der Waals surface area (Å²) in [5.74, 6) is -1.63. The second kappa shape index (κ2) is 5.11. The van der Waals surface area contributed by atoms with Crippen molar-refractivity contribution in [2.45, 2.75) is 0 Å². The van der Waals surface area contributed by atoms with Crippen molar-refractivity contribution in [2.24, 2.45) is 5.14 Å². The Morgan fingerprint density at radius 2 is 2.00 bits per heavy atom. The Labute approximate surface area is 97.8 Å². The van der Waals surface area contributed by atoms with E-state index in [0.29, 0.717) is 0 Å². The summed E-state index contributed by atoms with van der Waals surface area (Å²) in [7, 11) is -3.63. The first-order valence-corrected chi connectivity index (χ1v) is 6.34. The van der Waals surface area contributed by atoms with Crippen molar-refractivity contribution in [2.75, 3.05) is 18.0 Å². The van der Waals surface area contributed by atoms with Crippen molar-refractivity contribution in [3.05, 3.63) is 29.6 Å². The predicted molar refractivity (Wildman–Crippen MR) is 61.1 cm³/mol. The number of nitrogens with one attached hydrogen (secondary N) is 1. The maximum atomic E-state index is 12.9. The number of hydrogen-bond donors (Lipinski definition) is 3. The van der Waals surface area contributed by atoms with Crippen molar-refractivity contribution >= 4 is 21.6 Å². The highest BCUT2D eigenvalue weighted by atomic mass is 32.2. The molecule has 0 saturated heterocycles. The molecule has 8 heteroatoms. The van der Waals surface area contributed by atoms with E-state index < -0.39 is 21.7 Å². The van der Waals surface area contributed by atoms with E-state index in [4.69, 9.17) is 10.9 Å². The molecule has 0 aliphatic heterocycles. The lowest BCUT2D eigenvalue weighted by molar-refractivity contribution is 0.0955. The number of halogens is 1. The molecule has 0 aliphatic carbocycles. The number of carbonyl (C=O) groups is 1. The van der Waals surface area contributed by atoms with Gasteiger partial charge in [-0.3, -0.25) is 4.79 Å². The van der Waals surface area contributed by atoms with Gasteiger partial charge in [0.1, 0.15) is 5.82 Å². The summed E-state index contributed by atoms with van der Waals surface area (Å²) in [6.45, 7) is -0.145. The van der Waals surface area contributed by atoms with Crippen LogP contribution in [-0.2, 0) is 10.0 Å². The van der Waals surface area contributed by atoms with Crippen LogP contribution < -0.4 is 16.2 Å². The standard InChI is InChI=1S/C9H12FN3O3S/c10-7-3-6(4-8(11)5-7)9(14)13-1-2-17(12,15)16/h3-5H,1-2,11H2,(H,13,14)(H2,12,15,16). The molecule has 0 heterocycles. The van der Waals surface area contributed by atoms with E-state index in [-0.39, 0.29) is 23.5 Å². The number of nitrogens with two attached hydrogens (primary N) is 2. The number of rotatable bonds is 4. The van der Waals surface area contributed by atoms with Crippen molar-refractivity contribution in [3.8, 4) is 0 Å². The molecule has 6 nitrogen and oxygen atoms in total. The zero-order valence-corrected chi connectivity index (χ0v) is 9.63. The van der Waals surface area contributed by atoms with Crippen LogP contribution in [0.5, 0.6) is 0 Å². The minimum Gasteiger partial charge on any atom is -0.399 e. The van der Waals surface area contributed by atoms with Crippen molar-refractivity contribution in [1.29, 1.82) is 0 Å². The van der Waals surface area contributed by atoms with Crippen LogP contribution in [0.15, 0.2) is 18.2 Å². The largest absolute Gasteiger partial charge is 0.399 e. The van der Waals surface area contributed by atoms with Crippen LogP contribution in [0, 0.1) is 5.82 Å². The Morgan fingerprint density at radius 3 is 2.53 bits per heavy atom. The molecule has 17 heavy (non-hydrogen) atoms. The van der Waals surface area contributed by atoms with Crippen LogP contribution in [0.1, 0.15) is 10.4 Å². The molecule has 0 saturated carbocycles. The van der Waals surface area contributed by atoms with Crippen molar-refractivity contribution < 1.29 is 17.6 Å². The maximum Gasteiger partial charge on any atom is 0.251 e. The molecule has 0 unspecified atom stereocenters. The fourth-order valence-electron chi connectivity index (χ4n) is 1.15. The fraction of sp³-hybridized carbons (Fsp3) is 0.222. The fourth-order valence-corrected chi connectivity index (χ4v) is 1.54. The van der Waals surface area contributed by atoms with Gasteiger partial charge in [-0.1, -0.05) is 0 Å². The smallest absolute Gasteiger partial charge is 0.251 e. The third kappa shape index (κ3) is 4.79. The number of sulfonamides is 1. The van der Waals surface area contributed by atoms with Crippen LogP contribution >= 0.6 is 0 Å². The normalized spacial score (nSPS) is 11.2. The first-order chi connectivity index (χ1) is 7.78. The number of carbonyl (C=O) groups excluding carboxylic acids is 1. The first kappa shape index (κ1) is 13.4. The average Bonchev–Trinajstić information content (AvgIpc) is 2.13. The van der Waals surface area contributed by atoms with Gasteiger partial charge in [-0.2, -0.15) is 0 Å². The van der Waals surface area contributed by atoms with Gasteiger partial charge in [0, 0.05) is 17.8 Å². The zero-order chi connectivity index (χ0) is 13.1. The number of benzene rings is 1. The van der Waals surface area contributed by atoms with Crippen LogP contribution in [0.3, 0.4) is 0 Å². The van der Waals surface area contributed by atoms with Crippen LogP contribution in [0.4, 0.5) is 10.1 Å². The van der Waals surface area contributed by atoms with E-state index in [0.717, 1.165) is 12.1 Å². The summed E-state index contributed by atoms with van der Waals surface area (Å²) in [6, 6.07) is 3.36. The third-order valence-corrected chi connectivity index (χ3v) is 2.63. The predicted octanol–water partition coefficient (Wildman–Crippen LogP) is -0.574. The highest BCUT2D eigenvalue weighted by Crippen LogP contribution is 2.10. The van der Waals surface area contributed by atoms with Gasteiger partial charge in [-0.05, 0) is 18.2 Å².